The molecule has 148 valence electrons. The van der Waals surface area contributed by atoms with Gasteiger partial charge in [0.15, 0.2) is 0 Å². The molecule has 3 aromatic rings. The molecule has 2 N–H and O–H groups in total. The zero-order valence-corrected chi connectivity index (χ0v) is 16.0. The van der Waals surface area contributed by atoms with Crippen LogP contribution in [0.1, 0.15) is 23.2 Å². The molecule has 1 saturated heterocycles. The maximum Gasteiger partial charge on any atom is 0.254 e. The van der Waals surface area contributed by atoms with Crippen molar-refractivity contribution < 1.29 is 14.7 Å². The Bertz CT molecular complexity index is 1080. The van der Waals surface area contributed by atoms with Crippen molar-refractivity contribution in [2.45, 2.75) is 18.4 Å². The van der Waals surface area contributed by atoms with Crippen molar-refractivity contribution in [1.29, 1.82) is 0 Å². The zero-order chi connectivity index (χ0) is 20.0. The molecule has 2 aromatic carbocycles. The normalized spacial score (nSPS) is 18.1. The quantitative estimate of drug-likeness (QED) is 0.716. The number of aromatic amines is 1. The number of fused-ring (bicyclic) bond motifs is 1. The van der Waals surface area contributed by atoms with Crippen molar-refractivity contribution in [2.24, 2.45) is 0 Å². The number of aromatic nitrogens is 2. The van der Waals surface area contributed by atoms with Gasteiger partial charge in [-0.3, -0.25) is 9.59 Å². The number of aliphatic hydroxyl groups is 1. The molecule has 7 nitrogen and oxygen atoms in total. The molecule has 1 aliphatic heterocycles. The minimum absolute atomic E-state index is 0.0617. The van der Waals surface area contributed by atoms with Crippen LogP contribution in [0.25, 0.3) is 22.4 Å². The summed E-state index contributed by atoms with van der Waals surface area (Å²) in [5, 5.41) is 10.0. The van der Waals surface area contributed by atoms with Gasteiger partial charge in [0, 0.05) is 37.3 Å². The van der Waals surface area contributed by atoms with Gasteiger partial charge in [-0.25, -0.2) is 4.98 Å². The highest BCUT2D eigenvalue weighted by atomic mass is 16.3. The third-order valence-corrected chi connectivity index (χ3v) is 5.75. The SMILES string of the molecule is O=C(c1ccc2[nH]c(-c3ccccc3)nc2c1)N1CCN(C(=O)C2(O)CC2)CC1. The summed E-state index contributed by atoms with van der Waals surface area (Å²) in [5.41, 5.74) is 2.07. The Labute approximate surface area is 168 Å². The maximum absolute atomic E-state index is 12.9. The van der Waals surface area contributed by atoms with Crippen molar-refractivity contribution in [2.75, 3.05) is 26.2 Å². The Kier molecular flexibility index (Phi) is 4.13. The second kappa shape index (κ2) is 6.70. The average Bonchev–Trinajstić information content (AvgIpc) is 3.37. The standard InChI is InChI=1S/C22H22N4O3/c27-20(25-10-12-26(13-11-25)21(28)22(29)8-9-22)16-6-7-17-18(14-16)24-19(23-17)15-4-2-1-3-5-15/h1-7,14,29H,8-13H2,(H,23,24). The minimum Gasteiger partial charge on any atom is -0.380 e. The van der Waals surface area contributed by atoms with E-state index >= 15 is 0 Å². The summed E-state index contributed by atoms with van der Waals surface area (Å²) in [4.78, 5) is 36.5. The van der Waals surface area contributed by atoms with E-state index in [-0.39, 0.29) is 11.8 Å². The van der Waals surface area contributed by atoms with E-state index < -0.39 is 5.60 Å². The van der Waals surface area contributed by atoms with Gasteiger partial charge in [0.05, 0.1) is 11.0 Å². The predicted molar refractivity (Wildman–Crippen MR) is 108 cm³/mol. The Morgan fingerprint density at radius 3 is 2.34 bits per heavy atom. The van der Waals surface area contributed by atoms with Crippen LogP contribution in [-0.4, -0.2) is 68.5 Å². The molecule has 0 spiro atoms. The molecular formula is C22H22N4O3. The van der Waals surface area contributed by atoms with Crippen molar-refractivity contribution >= 4 is 22.8 Å². The van der Waals surface area contributed by atoms with Crippen molar-refractivity contribution in [3.63, 3.8) is 0 Å². The zero-order valence-electron chi connectivity index (χ0n) is 16.0. The number of carbonyl (C=O) groups excluding carboxylic acids is 2. The van der Waals surface area contributed by atoms with E-state index in [1.165, 1.54) is 0 Å². The third kappa shape index (κ3) is 3.27. The number of carbonyl (C=O) groups is 2. The number of nitrogens with zero attached hydrogens (tertiary/aromatic N) is 3. The molecule has 0 radical (unpaired) electrons. The summed E-state index contributed by atoms with van der Waals surface area (Å²) in [5.74, 6) is 0.514. The molecule has 29 heavy (non-hydrogen) atoms. The first-order valence-corrected chi connectivity index (χ1v) is 9.90. The molecule has 0 bridgehead atoms. The molecule has 1 aromatic heterocycles. The fourth-order valence-corrected chi connectivity index (χ4v) is 3.79. The van der Waals surface area contributed by atoms with E-state index in [1.807, 2.05) is 48.5 Å². The van der Waals surface area contributed by atoms with Gasteiger partial charge in [-0.15, -0.1) is 0 Å². The summed E-state index contributed by atoms with van der Waals surface area (Å²) in [6.07, 6.45) is 1.08. The molecule has 7 heteroatoms. The lowest BCUT2D eigenvalue weighted by molar-refractivity contribution is -0.143. The summed E-state index contributed by atoms with van der Waals surface area (Å²) >= 11 is 0. The molecule has 1 aliphatic carbocycles. The van der Waals surface area contributed by atoms with E-state index in [4.69, 9.17) is 0 Å². The fraction of sp³-hybridized carbons (Fsp3) is 0.318. The van der Waals surface area contributed by atoms with Gasteiger partial charge in [0.25, 0.3) is 11.8 Å². The van der Waals surface area contributed by atoms with Crippen molar-refractivity contribution in [3.05, 3.63) is 54.1 Å². The largest absolute Gasteiger partial charge is 0.380 e. The number of amides is 2. The van der Waals surface area contributed by atoms with E-state index in [0.717, 1.165) is 22.4 Å². The molecule has 2 aliphatic rings. The van der Waals surface area contributed by atoms with Crippen LogP contribution >= 0.6 is 0 Å². The van der Waals surface area contributed by atoms with Gasteiger partial charge in [-0.1, -0.05) is 30.3 Å². The lowest BCUT2D eigenvalue weighted by atomic mass is 10.1. The van der Waals surface area contributed by atoms with Crippen LogP contribution in [0.3, 0.4) is 0 Å². The summed E-state index contributed by atoms with van der Waals surface area (Å²) in [7, 11) is 0. The first-order valence-electron chi connectivity index (χ1n) is 9.90. The number of rotatable bonds is 3. The van der Waals surface area contributed by atoms with Gasteiger partial charge < -0.3 is 19.9 Å². The maximum atomic E-state index is 12.9. The summed E-state index contributed by atoms with van der Waals surface area (Å²) in [6.45, 7) is 1.84. The molecule has 0 atom stereocenters. The van der Waals surface area contributed by atoms with Crippen LogP contribution in [0, 0.1) is 0 Å². The second-order valence-electron chi connectivity index (χ2n) is 7.80. The van der Waals surface area contributed by atoms with E-state index in [9.17, 15) is 14.7 Å². The van der Waals surface area contributed by atoms with Crippen LogP contribution in [0.4, 0.5) is 0 Å². The van der Waals surface area contributed by atoms with Gasteiger partial charge in [-0.05, 0) is 31.0 Å². The highest BCUT2D eigenvalue weighted by Gasteiger charge is 2.50. The molecule has 0 unspecified atom stereocenters. The minimum atomic E-state index is -1.15. The number of nitrogens with one attached hydrogen (secondary N) is 1. The average molecular weight is 390 g/mol. The fourth-order valence-electron chi connectivity index (χ4n) is 3.79. The predicted octanol–water partition coefficient (Wildman–Crippen LogP) is 2.04. The van der Waals surface area contributed by atoms with Crippen LogP contribution in [-0.2, 0) is 4.79 Å². The molecule has 2 fully saturated rings. The number of hydrogen-bond donors (Lipinski definition) is 2. The van der Waals surface area contributed by atoms with Gasteiger partial charge in [0.1, 0.15) is 11.4 Å². The topological polar surface area (TPSA) is 89.5 Å². The Morgan fingerprint density at radius 2 is 1.66 bits per heavy atom. The first kappa shape index (κ1) is 17.9. The highest BCUT2D eigenvalue weighted by molar-refractivity contribution is 5.98. The summed E-state index contributed by atoms with van der Waals surface area (Å²) in [6, 6.07) is 15.4. The van der Waals surface area contributed by atoms with Crippen LogP contribution < -0.4 is 0 Å². The third-order valence-electron chi connectivity index (χ3n) is 5.75. The Hall–Kier alpha value is -3.19. The number of imidazole rings is 1. The van der Waals surface area contributed by atoms with Gasteiger partial charge in [0.2, 0.25) is 0 Å². The number of benzene rings is 2. The number of hydrogen-bond acceptors (Lipinski definition) is 4. The van der Waals surface area contributed by atoms with Crippen molar-refractivity contribution in [1.82, 2.24) is 19.8 Å². The van der Waals surface area contributed by atoms with E-state index in [2.05, 4.69) is 9.97 Å². The summed E-state index contributed by atoms with van der Waals surface area (Å²) < 4.78 is 0. The molecule has 5 rings (SSSR count). The lowest BCUT2D eigenvalue weighted by Crippen LogP contribution is -2.53. The lowest BCUT2D eigenvalue weighted by Gasteiger charge is -2.35. The monoisotopic (exact) mass is 390 g/mol. The van der Waals surface area contributed by atoms with Gasteiger partial charge >= 0.3 is 0 Å². The highest BCUT2D eigenvalue weighted by Crippen LogP contribution is 2.37. The first-order chi connectivity index (χ1) is 14.0. The van der Waals surface area contributed by atoms with Crippen molar-refractivity contribution in [3.8, 4) is 11.4 Å². The Morgan fingerprint density at radius 1 is 0.966 bits per heavy atom. The van der Waals surface area contributed by atoms with Crippen LogP contribution in [0.15, 0.2) is 48.5 Å². The van der Waals surface area contributed by atoms with E-state index in [0.29, 0.717) is 44.6 Å². The van der Waals surface area contributed by atoms with Crippen LogP contribution in [0.5, 0.6) is 0 Å². The van der Waals surface area contributed by atoms with E-state index in [1.54, 1.807) is 9.80 Å². The molecule has 2 amide bonds. The number of H-pyrrole nitrogens is 1. The molecule has 1 saturated carbocycles. The smallest absolute Gasteiger partial charge is 0.254 e. The number of piperazine rings is 1. The second-order valence-corrected chi connectivity index (χ2v) is 7.80. The van der Waals surface area contributed by atoms with Crippen LogP contribution in [0.2, 0.25) is 0 Å². The Balaban J connectivity index is 1.30. The molecule has 2 heterocycles. The van der Waals surface area contributed by atoms with Gasteiger partial charge in [-0.2, -0.15) is 0 Å². The molecular weight excluding hydrogens is 368 g/mol.